The molecular formula is C25H24ClN3O2. The molecule has 4 aromatic rings. The number of rotatable bonds is 8. The smallest absolute Gasteiger partial charge is 0.251 e. The van der Waals surface area contributed by atoms with Crippen LogP contribution in [0.2, 0.25) is 5.02 Å². The molecule has 0 aliphatic rings. The molecule has 0 saturated heterocycles. The van der Waals surface area contributed by atoms with Crippen molar-refractivity contribution in [2.45, 2.75) is 26.4 Å². The lowest BCUT2D eigenvalue weighted by atomic mass is 10.1. The Morgan fingerprint density at radius 3 is 2.71 bits per heavy atom. The third kappa shape index (κ3) is 5.06. The van der Waals surface area contributed by atoms with Gasteiger partial charge in [0.05, 0.1) is 29.2 Å². The molecule has 0 unspecified atom stereocenters. The van der Waals surface area contributed by atoms with Gasteiger partial charge in [-0.25, -0.2) is 4.98 Å². The van der Waals surface area contributed by atoms with E-state index in [1.54, 1.807) is 0 Å². The van der Waals surface area contributed by atoms with E-state index >= 15 is 0 Å². The molecule has 3 aromatic carbocycles. The third-order valence-electron chi connectivity index (χ3n) is 5.04. The minimum absolute atomic E-state index is 0.107. The van der Waals surface area contributed by atoms with Crippen molar-refractivity contribution in [3.63, 3.8) is 0 Å². The fourth-order valence-corrected chi connectivity index (χ4v) is 3.71. The highest BCUT2D eigenvalue weighted by Crippen LogP contribution is 2.23. The van der Waals surface area contributed by atoms with Crippen LogP contribution in [0.3, 0.4) is 0 Å². The Kier molecular flexibility index (Phi) is 6.53. The fourth-order valence-electron chi connectivity index (χ4n) is 3.52. The summed E-state index contributed by atoms with van der Waals surface area (Å²) in [6.07, 6.45) is 0.782. The summed E-state index contributed by atoms with van der Waals surface area (Å²) in [4.78, 5) is 17.3. The molecule has 0 aliphatic heterocycles. The zero-order chi connectivity index (χ0) is 21.6. The monoisotopic (exact) mass is 433 g/mol. The molecule has 0 aliphatic carbocycles. The normalized spacial score (nSPS) is 10.9. The predicted molar refractivity (Wildman–Crippen MR) is 124 cm³/mol. The van der Waals surface area contributed by atoms with Crippen molar-refractivity contribution in [3.05, 3.63) is 94.8 Å². The van der Waals surface area contributed by atoms with Gasteiger partial charge in [0, 0.05) is 12.1 Å². The average molecular weight is 434 g/mol. The number of hydrogen-bond acceptors (Lipinski definition) is 3. The van der Waals surface area contributed by atoms with Crippen LogP contribution in [0.25, 0.3) is 11.0 Å². The molecule has 31 heavy (non-hydrogen) atoms. The van der Waals surface area contributed by atoms with Gasteiger partial charge in [-0.15, -0.1) is 0 Å². The van der Waals surface area contributed by atoms with E-state index in [0.717, 1.165) is 35.4 Å². The number of hydrogen-bond donors (Lipinski definition) is 1. The topological polar surface area (TPSA) is 56.2 Å². The first-order valence-electron chi connectivity index (χ1n) is 10.3. The van der Waals surface area contributed by atoms with Gasteiger partial charge in [0.1, 0.15) is 11.6 Å². The lowest BCUT2D eigenvalue weighted by molar-refractivity contribution is 0.0949. The molecule has 158 valence electrons. The number of imidazole rings is 1. The minimum atomic E-state index is -0.107. The van der Waals surface area contributed by atoms with Crippen molar-refractivity contribution < 1.29 is 9.53 Å². The number of carbonyl (C=O) groups is 1. The van der Waals surface area contributed by atoms with E-state index in [0.29, 0.717) is 29.5 Å². The van der Waals surface area contributed by atoms with Crippen LogP contribution in [-0.2, 0) is 13.1 Å². The summed E-state index contributed by atoms with van der Waals surface area (Å²) in [5.41, 5.74) is 3.66. The molecule has 0 radical (unpaired) electrons. The van der Waals surface area contributed by atoms with E-state index < -0.39 is 0 Å². The molecule has 0 fully saturated rings. The molecular weight excluding hydrogens is 410 g/mol. The number of para-hydroxylation sites is 3. The first-order chi connectivity index (χ1) is 15.1. The van der Waals surface area contributed by atoms with Gasteiger partial charge in [-0.1, -0.05) is 53.6 Å². The number of halogens is 1. The molecule has 4 rings (SSSR count). The molecule has 1 amide bonds. The van der Waals surface area contributed by atoms with Gasteiger partial charge >= 0.3 is 0 Å². The average Bonchev–Trinajstić information content (AvgIpc) is 3.13. The van der Waals surface area contributed by atoms with Crippen molar-refractivity contribution in [1.29, 1.82) is 0 Å². The number of fused-ring (bicyclic) bond motifs is 1. The summed E-state index contributed by atoms with van der Waals surface area (Å²) < 4.78 is 7.96. The maximum Gasteiger partial charge on any atom is 0.251 e. The quantitative estimate of drug-likeness (QED) is 0.378. The van der Waals surface area contributed by atoms with Crippen molar-refractivity contribution in [2.75, 3.05) is 6.61 Å². The first-order valence-corrected chi connectivity index (χ1v) is 10.7. The Hall–Kier alpha value is -3.31. The summed E-state index contributed by atoms with van der Waals surface area (Å²) in [5.74, 6) is 1.40. The highest BCUT2D eigenvalue weighted by molar-refractivity contribution is 6.32. The van der Waals surface area contributed by atoms with Crippen LogP contribution in [0, 0.1) is 6.92 Å². The van der Waals surface area contributed by atoms with E-state index in [-0.39, 0.29) is 5.91 Å². The third-order valence-corrected chi connectivity index (χ3v) is 5.35. The molecule has 1 aromatic heterocycles. The van der Waals surface area contributed by atoms with Crippen LogP contribution >= 0.6 is 11.6 Å². The van der Waals surface area contributed by atoms with Gasteiger partial charge in [-0.2, -0.15) is 0 Å². The number of aryl methyl sites for hydroxylation is 2. The standard InChI is InChI=1S/C25H24ClN3O2/c1-18-8-6-9-19(16-18)25(30)27-17-24-28-21-11-3-4-12-22(21)29(24)14-7-15-31-23-13-5-2-10-20(23)26/h2-6,8-13,16H,7,14-15,17H2,1H3,(H,27,30). The van der Waals surface area contributed by atoms with Crippen LogP contribution in [0.15, 0.2) is 72.8 Å². The summed E-state index contributed by atoms with van der Waals surface area (Å²) in [6, 6.07) is 23.0. The van der Waals surface area contributed by atoms with Gasteiger partial charge in [0.15, 0.2) is 0 Å². The highest BCUT2D eigenvalue weighted by atomic mass is 35.5. The molecule has 0 saturated carbocycles. The number of aromatic nitrogens is 2. The van der Waals surface area contributed by atoms with E-state index in [4.69, 9.17) is 21.3 Å². The van der Waals surface area contributed by atoms with Crippen molar-refractivity contribution in [2.24, 2.45) is 0 Å². The van der Waals surface area contributed by atoms with Crippen LogP contribution in [0.5, 0.6) is 5.75 Å². The number of nitrogens with zero attached hydrogens (tertiary/aromatic N) is 2. The summed E-state index contributed by atoms with van der Waals surface area (Å²) in [6.45, 7) is 3.58. The Morgan fingerprint density at radius 1 is 1.06 bits per heavy atom. The Labute approximate surface area is 186 Å². The maximum atomic E-state index is 12.6. The number of nitrogens with one attached hydrogen (secondary N) is 1. The van der Waals surface area contributed by atoms with Crippen LogP contribution in [0.1, 0.15) is 28.2 Å². The van der Waals surface area contributed by atoms with Crippen LogP contribution < -0.4 is 10.1 Å². The van der Waals surface area contributed by atoms with Crippen molar-refractivity contribution >= 4 is 28.5 Å². The molecule has 0 bridgehead atoms. The first kappa shape index (κ1) is 20.9. The number of ether oxygens (including phenoxy) is 1. The number of amides is 1. The van der Waals surface area contributed by atoms with Crippen molar-refractivity contribution in [3.8, 4) is 5.75 Å². The Morgan fingerprint density at radius 2 is 1.87 bits per heavy atom. The largest absolute Gasteiger partial charge is 0.492 e. The Bertz CT molecular complexity index is 1200. The molecule has 1 N–H and O–H groups in total. The van der Waals surface area contributed by atoms with Gasteiger partial charge < -0.3 is 14.6 Å². The lowest BCUT2D eigenvalue weighted by Crippen LogP contribution is -2.25. The number of carbonyl (C=O) groups excluding carboxylic acids is 1. The molecule has 6 heteroatoms. The minimum Gasteiger partial charge on any atom is -0.492 e. The fraction of sp³-hybridized carbons (Fsp3) is 0.200. The van der Waals surface area contributed by atoms with Crippen LogP contribution in [0.4, 0.5) is 0 Å². The zero-order valence-electron chi connectivity index (χ0n) is 17.3. The predicted octanol–water partition coefficient (Wildman–Crippen LogP) is 5.40. The highest BCUT2D eigenvalue weighted by Gasteiger charge is 2.12. The second-order valence-corrected chi connectivity index (χ2v) is 7.76. The second kappa shape index (κ2) is 9.67. The van der Waals surface area contributed by atoms with E-state index in [1.165, 1.54) is 0 Å². The summed E-state index contributed by atoms with van der Waals surface area (Å²) in [5, 5.41) is 3.60. The number of benzene rings is 3. The molecule has 0 spiro atoms. The zero-order valence-corrected chi connectivity index (χ0v) is 18.1. The van der Waals surface area contributed by atoms with Gasteiger partial charge in [0.25, 0.3) is 5.91 Å². The van der Waals surface area contributed by atoms with Crippen molar-refractivity contribution in [1.82, 2.24) is 14.9 Å². The molecule has 5 nitrogen and oxygen atoms in total. The lowest BCUT2D eigenvalue weighted by Gasteiger charge is -2.12. The Balaban J connectivity index is 1.44. The van der Waals surface area contributed by atoms with Gasteiger partial charge in [-0.3, -0.25) is 4.79 Å². The van der Waals surface area contributed by atoms with Crippen LogP contribution in [-0.4, -0.2) is 22.1 Å². The van der Waals surface area contributed by atoms with E-state index in [1.807, 2.05) is 79.7 Å². The van der Waals surface area contributed by atoms with Gasteiger partial charge in [-0.05, 0) is 49.7 Å². The molecule has 1 heterocycles. The van der Waals surface area contributed by atoms with Gasteiger partial charge in [0.2, 0.25) is 0 Å². The summed E-state index contributed by atoms with van der Waals surface area (Å²) in [7, 11) is 0. The second-order valence-electron chi connectivity index (χ2n) is 7.35. The molecule has 0 atom stereocenters. The van der Waals surface area contributed by atoms with E-state index in [2.05, 4.69) is 9.88 Å². The van der Waals surface area contributed by atoms with E-state index in [9.17, 15) is 4.79 Å². The SMILES string of the molecule is Cc1cccc(C(=O)NCc2nc3ccccc3n2CCCOc2ccccc2Cl)c1. The summed E-state index contributed by atoms with van der Waals surface area (Å²) >= 11 is 6.16. The maximum absolute atomic E-state index is 12.6.